The van der Waals surface area contributed by atoms with Crippen LogP contribution in [0, 0.1) is 5.41 Å². The number of aromatic nitrogens is 5. The molecule has 0 bridgehead atoms. The van der Waals surface area contributed by atoms with Gasteiger partial charge in [0, 0.05) is 37.1 Å². The second kappa shape index (κ2) is 5.96. The van der Waals surface area contributed by atoms with Gasteiger partial charge in [-0.15, -0.1) is 0 Å². The molecule has 1 unspecified atom stereocenters. The van der Waals surface area contributed by atoms with Gasteiger partial charge in [-0.3, -0.25) is 9.78 Å². The summed E-state index contributed by atoms with van der Waals surface area (Å²) in [7, 11) is 0. The number of H-pyrrole nitrogens is 2. The van der Waals surface area contributed by atoms with Crippen molar-refractivity contribution in [2.45, 2.75) is 25.6 Å². The van der Waals surface area contributed by atoms with E-state index >= 15 is 0 Å². The molecule has 0 aromatic carbocycles. The van der Waals surface area contributed by atoms with E-state index in [2.05, 4.69) is 20.1 Å². The second-order valence-electron chi connectivity index (χ2n) is 7.22. The quantitative estimate of drug-likeness (QED) is 0.688. The Morgan fingerprint density at radius 3 is 2.86 bits per heavy atom. The Bertz CT molecular complexity index is 1170. The number of anilines is 1. The fraction of sp³-hybridized carbons (Fsp3) is 0.412. The molecule has 5 rings (SSSR count). The summed E-state index contributed by atoms with van der Waals surface area (Å²) in [4.78, 5) is 34.3. The van der Waals surface area contributed by atoms with Crippen LogP contribution in [0.1, 0.15) is 12.8 Å². The van der Waals surface area contributed by atoms with E-state index < -0.39 is 24.0 Å². The average molecular weight is 390 g/mol. The number of hydrogen-bond donors (Lipinski definition) is 2. The number of imidazole rings is 1. The lowest BCUT2D eigenvalue weighted by Crippen LogP contribution is -2.27. The van der Waals surface area contributed by atoms with Gasteiger partial charge in [0.05, 0.1) is 17.4 Å². The molecule has 3 aromatic heterocycles. The molecule has 0 amide bonds. The van der Waals surface area contributed by atoms with Crippen LogP contribution in [-0.2, 0) is 4.74 Å². The number of aromatic amines is 2. The van der Waals surface area contributed by atoms with Gasteiger partial charge in [0.1, 0.15) is 5.69 Å². The molecule has 11 heteroatoms. The molecular formula is C17H16F2N6O3. The maximum absolute atomic E-state index is 12.8. The smallest absolute Gasteiger partial charge is 0.345 e. The zero-order chi connectivity index (χ0) is 19.5. The summed E-state index contributed by atoms with van der Waals surface area (Å²) in [6.07, 6.45) is 5.62. The van der Waals surface area contributed by atoms with E-state index in [0.29, 0.717) is 30.1 Å². The largest absolute Gasteiger partial charge is 0.365 e. The highest BCUT2D eigenvalue weighted by atomic mass is 19.3. The number of nitrogens with one attached hydrogen (secondary N) is 2. The summed E-state index contributed by atoms with van der Waals surface area (Å²) < 4.78 is 32.0. The van der Waals surface area contributed by atoms with Crippen LogP contribution < -0.4 is 16.1 Å². The van der Waals surface area contributed by atoms with Crippen LogP contribution in [-0.4, -0.2) is 50.4 Å². The van der Waals surface area contributed by atoms with Crippen LogP contribution in [0.3, 0.4) is 0 Å². The van der Waals surface area contributed by atoms with Crippen LogP contribution in [0.4, 0.5) is 14.5 Å². The second-order valence-corrected chi connectivity index (χ2v) is 7.22. The first-order valence-corrected chi connectivity index (χ1v) is 8.80. The SMILES string of the molecule is O=c1[nH]cc(-c2cc(N3CC(OC(F)F)C4(CC4)C3)c3nccn3n2)c(=O)[nH]1. The molecule has 2 N–H and O–H groups in total. The number of halogens is 2. The third kappa shape index (κ3) is 2.70. The van der Waals surface area contributed by atoms with Crippen LogP contribution in [0.2, 0.25) is 0 Å². The molecule has 3 aromatic rings. The van der Waals surface area contributed by atoms with Crippen molar-refractivity contribution in [1.29, 1.82) is 0 Å². The molecule has 0 radical (unpaired) electrons. The third-order valence-corrected chi connectivity index (χ3v) is 5.51. The summed E-state index contributed by atoms with van der Waals surface area (Å²) in [6, 6.07) is 1.69. The summed E-state index contributed by atoms with van der Waals surface area (Å²) in [5, 5.41) is 4.38. The van der Waals surface area contributed by atoms with Crippen molar-refractivity contribution >= 4 is 11.3 Å². The van der Waals surface area contributed by atoms with E-state index in [1.165, 1.54) is 10.7 Å². The van der Waals surface area contributed by atoms with Crippen molar-refractivity contribution in [3.8, 4) is 11.3 Å². The van der Waals surface area contributed by atoms with Crippen LogP contribution in [0.15, 0.2) is 34.2 Å². The van der Waals surface area contributed by atoms with Gasteiger partial charge < -0.3 is 14.6 Å². The van der Waals surface area contributed by atoms with Gasteiger partial charge in [-0.25, -0.2) is 14.3 Å². The van der Waals surface area contributed by atoms with E-state index in [0.717, 1.165) is 12.8 Å². The van der Waals surface area contributed by atoms with Gasteiger partial charge in [-0.05, 0) is 18.9 Å². The van der Waals surface area contributed by atoms with E-state index in [1.807, 2.05) is 4.90 Å². The summed E-state index contributed by atoms with van der Waals surface area (Å²) in [5.41, 5.74) is 0.308. The van der Waals surface area contributed by atoms with Gasteiger partial charge in [0.25, 0.3) is 5.56 Å². The van der Waals surface area contributed by atoms with Crippen molar-refractivity contribution in [3.63, 3.8) is 0 Å². The standard InChI is InChI=1S/C17H16F2N6O3/c18-15(19)28-12-7-24(8-17(12)1-2-17)11-5-10(23-25-4-3-20-13(11)25)9-6-21-16(27)22-14(9)26/h3-6,12,15H,1-2,7-8H2,(H2,21,22,26,27). The summed E-state index contributed by atoms with van der Waals surface area (Å²) >= 11 is 0. The topological polar surface area (TPSA) is 108 Å². The van der Waals surface area contributed by atoms with Gasteiger partial charge in [0.15, 0.2) is 5.65 Å². The van der Waals surface area contributed by atoms with Crippen molar-refractivity contribution in [2.24, 2.45) is 5.41 Å². The fourth-order valence-corrected chi connectivity index (χ4v) is 3.94. The average Bonchev–Trinajstić information content (AvgIpc) is 3.11. The minimum Gasteiger partial charge on any atom is -0.365 e. The van der Waals surface area contributed by atoms with Gasteiger partial charge in [-0.2, -0.15) is 13.9 Å². The predicted molar refractivity (Wildman–Crippen MR) is 94.4 cm³/mol. The fourth-order valence-electron chi connectivity index (χ4n) is 3.94. The molecule has 4 heterocycles. The Morgan fingerprint density at radius 1 is 1.32 bits per heavy atom. The number of hydrogen-bond acceptors (Lipinski definition) is 6. The number of fused-ring (bicyclic) bond motifs is 1. The molecule has 1 saturated carbocycles. The molecule has 1 aliphatic carbocycles. The first kappa shape index (κ1) is 17.0. The summed E-state index contributed by atoms with van der Waals surface area (Å²) in [6.45, 7) is -1.95. The number of rotatable bonds is 4. The van der Waals surface area contributed by atoms with Gasteiger partial charge in [0.2, 0.25) is 0 Å². The molecule has 1 saturated heterocycles. The lowest BCUT2D eigenvalue weighted by Gasteiger charge is -2.19. The lowest BCUT2D eigenvalue weighted by molar-refractivity contribution is -0.169. The van der Waals surface area contributed by atoms with E-state index in [9.17, 15) is 18.4 Å². The van der Waals surface area contributed by atoms with Crippen LogP contribution in [0.25, 0.3) is 16.9 Å². The highest BCUT2D eigenvalue weighted by Crippen LogP contribution is 2.55. The molecule has 1 spiro atoms. The molecule has 2 fully saturated rings. The van der Waals surface area contributed by atoms with Crippen molar-refractivity contribution in [3.05, 3.63) is 45.5 Å². The monoisotopic (exact) mass is 390 g/mol. The van der Waals surface area contributed by atoms with Gasteiger partial charge in [-0.1, -0.05) is 0 Å². The first-order valence-electron chi connectivity index (χ1n) is 8.80. The van der Waals surface area contributed by atoms with Crippen LogP contribution >= 0.6 is 0 Å². The number of alkyl halides is 2. The third-order valence-electron chi connectivity index (χ3n) is 5.51. The van der Waals surface area contributed by atoms with Gasteiger partial charge >= 0.3 is 12.3 Å². The van der Waals surface area contributed by atoms with E-state index in [1.54, 1.807) is 18.5 Å². The van der Waals surface area contributed by atoms with Crippen molar-refractivity contribution in [2.75, 3.05) is 18.0 Å². The Labute approximate surface area is 156 Å². The molecule has 9 nitrogen and oxygen atoms in total. The Kier molecular flexibility index (Phi) is 3.63. The summed E-state index contributed by atoms with van der Waals surface area (Å²) in [5.74, 6) is 0. The van der Waals surface area contributed by atoms with Crippen molar-refractivity contribution < 1.29 is 13.5 Å². The Balaban J connectivity index is 1.59. The van der Waals surface area contributed by atoms with E-state index in [-0.39, 0.29) is 11.0 Å². The molecule has 146 valence electrons. The zero-order valence-electron chi connectivity index (χ0n) is 14.6. The normalized spacial score (nSPS) is 20.5. The van der Waals surface area contributed by atoms with Crippen molar-refractivity contribution in [1.82, 2.24) is 24.6 Å². The maximum atomic E-state index is 12.8. The number of nitrogens with zero attached hydrogens (tertiary/aromatic N) is 4. The zero-order valence-corrected chi connectivity index (χ0v) is 14.6. The predicted octanol–water partition coefficient (Wildman–Crippen LogP) is 0.981. The minimum atomic E-state index is -2.82. The highest BCUT2D eigenvalue weighted by molar-refractivity contribution is 5.74. The maximum Gasteiger partial charge on any atom is 0.345 e. The lowest BCUT2D eigenvalue weighted by atomic mass is 10.0. The Hall–Kier alpha value is -3.08. The molecule has 28 heavy (non-hydrogen) atoms. The molecule has 1 aliphatic heterocycles. The van der Waals surface area contributed by atoms with E-state index in [4.69, 9.17) is 4.74 Å². The molecular weight excluding hydrogens is 374 g/mol. The first-order chi connectivity index (χ1) is 13.4. The highest BCUT2D eigenvalue weighted by Gasteiger charge is 2.57. The molecule has 2 aliphatic rings. The van der Waals surface area contributed by atoms with Crippen LogP contribution in [0.5, 0.6) is 0 Å². The Morgan fingerprint density at radius 2 is 2.14 bits per heavy atom. The molecule has 1 atom stereocenters. The number of ether oxygens (including phenoxy) is 1. The minimum absolute atomic E-state index is 0.192.